The smallest absolute Gasteiger partial charge is 0.255 e. The van der Waals surface area contributed by atoms with Crippen LogP contribution in [0, 0.1) is 6.92 Å². The number of hydrogen-bond acceptors (Lipinski definition) is 4. The highest BCUT2D eigenvalue weighted by atomic mass is 35.5. The van der Waals surface area contributed by atoms with Crippen LogP contribution >= 0.6 is 23.2 Å². The summed E-state index contributed by atoms with van der Waals surface area (Å²) in [6, 6.07) is 8.92. The minimum Gasteiger partial charge on any atom is -0.362 e. The summed E-state index contributed by atoms with van der Waals surface area (Å²) in [6.45, 7) is 3.77. The normalized spacial score (nSPS) is 18.8. The molecule has 2 N–H and O–H groups in total. The molecule has 0 saturated heterocycles. The third-order valence-corrected chi connectivity index (χ3v) is 6.30. The zero-order chi connectivity index (χ0) is 21.4. The van der Waals surface area contributed by atoms with E-state index in [4.69, 9.17) is 23.2 Å². The van der Waals surface area contributed by atoms with Gasteiger partial charge in [0.1, 0.15) is 5.82 Å². The van der Waals surface area contributed by atoms with Gasteiger partial charge < -0.3 is 10.6 Å². The summed E-state index contributed by atoms with van der Waals surface area (Å²) in [4.78, 5) is 30.6. The van der Waals surface area contributed by atoms with Gasteiger partial charge in [-0.1, -0.05) is 41.4 Å². The zero-order valence-corrected chi connectivity index (χ0v) is 18.2. The lowest BCUT2D eigenvalue weighted by molar-refractivity contribution is -0.116. The van der Waals surface area contributed by atoms with Crippen LogP contribution in [-0.2, 0) is 9.59 Å². The summed E-state index contributed by atoms with van der Waals surface area (Å²) in [7, 11) is 0. The van der Waals surface area contributed by atoms with Crippen molar-refractivity contribution in [2.24, 2.45) is 0 Å². The summed E-state index contributed by atoms with van der Waals surface area (Å²) < 4.78 is 0. The lowest BCUT2D eigenvalue weighted by Crippen LogP contribution is -2.35. The molecule has 1 atom stereocenters. The molecule has 0 radical (unpaired) electrons. The number of aryl methyl sites for hydroxylation is 1. The Bertz CT molecular complexity index is 1100. The van der Waals surface area contributed by atoms with Gasteiger partial charge in [-0.3, -0.25) is 9.59 Å². The fourth-order valence-electron chi connectivity index (χ4n) is 4.06. The van der Waals surface area contributed by atoms with E-state index in [0.717, 1.165) is 24.1 Å². The Kier molecular flexibility index (Phi) is 5.67. The van der Waals surface area contributed by atoms with Gasteiger partial charge in [0.15, 0.2) is 5.78 Å². The Morgan fingerprint density at radius 1 is 1.17 bits per heavy atom. The number of nitrogens with zero attached hydrogens (tertiary/aromatic N) is 1. The largest absolute Gasteiger partial charge is 0.362 e. The molecule has 1 aromatic heterocycles. The SMILES string of the molecule is CC1=C(C(=O)Nc2ccc(C)cn2)[C@@H](c2cccc(Cl)c2Cl)C2=C(CCCC2=O)N1. The predicted molar refractivity (Wildman–Crippen MR) is 119 cm³/mol. The van der Waals surface area contributed by atoms with E-state index in [9.17, 15) is 9.59 Å². The first kappa shape index (κ1) is 20.6. The molecule has 1 aliphatic heterocycles. The van der Waals surface area contributed by atoms with Gasteiger partial charge in [-0.15, -0.1) is 0 Å². The average Bonchev–Trinajstić information content (AvgIpc) is 2.71. The third kappa shape index (κ3) is 3.75. The van der Waals surface area contributed by atoms with Crippen molar-refractivity contribution in [2.45, 2.75) is 39.0 Å². The van der Waals surface area contributed by atoms with Gasteiger partial charge in [0.2, 0.25) is 0 Å². The van der Waals surface area contributed by atoms with Crippen LogP contribution in [-0.4, -0.2) is 16.7 Å². The Hall–Kier alpha value is -2.63. The predicted octanol–water partition coefficient (Wildman–Crippen LogP) is 5.30. The Morgan fingerprint density at radius 3 is 2.70 bits per heavy atom. The van der Waals surface area contributed by atoms with Gasteiger partial charge in [-0.25, -0.2) is 4.98 Å². The molecule has 1 amide bonds. The van der Waals surface area contributed by atoms with Crippen LogP contribution in [0.3, 0.4) is 0 Å². The van der Waals surface area contributed by atoms with Crippen molar-refractivity contribution in [1.82, 2.24) is 10.3 Å². The number of dihydropyridines is 1. The summed E-state index contributed by atoms with van der Waals surface area (Å²) in [5.41, 5.74) is 4.22. The van der Waals surface area contributed by atoms with E-state index in [0.29, 0.717) is 44.7 Å². The number of halogens is 2. The molecule has 0 unspecified atom stereocenters. The minimum absolute atomic E-state index is 0.0241. The molecular formula is C23H21Cl2N3O2. The molecule has 2 aromatic rings. The molecule has 1 aromatic carbocycles. The topological polar surface area (TPSA) is 71.1 Å². The van der Waals surface area contributed by atoms with Crippen LogP contribution < -0.4 is 10.6 Å². The maximum atomic E-state index is 13.4. The van der Waals surface area contributed by atoms with Gasteiger partial charge in [0, 0.05) is 41.1 Å². The van der Waals surface area contributed by atoms with E-state index >= 15 is 0 Å². The van der Waals surface area contributed by atoms with Crippen LogP contribution in [0.1, 0.15) is 43.2 Å². The number of aromatic nitrogens is 1. The Morgan fingerprint density at radius 2 is 1.97 bits per heavy atom. The third-order valence-electron chi connectivity index (χ3n) is 5.47. The van der Waals surface area contributed by atoms with Gasteiger partial charge in [-0.2, -0.15) is 0 Å². The van der Waals surface area contributed by atoms with Crippen LogP contribution in [0.15, 0.2) is 59.1 Å². The molecule has 5 nitrogen and oxygen atoms in total. The zero-order valence-electron chi connectivity index (χ0n) is 16.7. The quantitative estimate of drug-likeness (QED) is 0.677. The van der Waals surface area contributed by atoms with Crippen molar-refractivity contribution in [1.29, 1.82) is 0 Å². The number of hydrogen-bond donors (Lipinski definition) is 2. The van der Waals surface area contributed by atoms with Crippen LogP contribution in [0.2, 0.25) is 10.0 Å². The van der Waals surface area contributed by atoms with E-state index in [-0.39, 0.29) is 11.7 Å². The van der Waals surface area contributed by atoms with Crippen LogP contribution in [0.4, 0.5) is 5.82 Å². The Labute approximate surface area is 185 Å². The van der Waals surface area contributed by atoms with E-state index in [2.05, 4.69) is 15.6 Å². The summed E-state index contributed by atoms with van der Waals surface area (Å²) >= 11 is 12.8. The van der Waals surface area contributed by atoms with Gasteiger partial charge in [-0.05, 0) is 49.9 Å². The number of rotatable bonds is 3. The van der Waals surface area contributed by atoms with E-state index in [1.807, 2.05) is 26.0 Å². The van der Waals surface area contributed by atoms with Crippen molar-refractivity contribution in [2.75, 3.05) is 5.32 Å². The first-order chi connectivity index (χ1) is 14.4. The summed E-state index contributed by atoms with van der Waals surface area (Å²) in [5.74, 6) is -0.458. The molecule has 0 spiro atoms. The second kappa shape index (κ2) is 8.25. The maximum Gasteiger partial charge on any atom is 0.255 e. The van der Waals surface area contributed by atoms with Crippen molar-refractivity contribution < 1.29 is 9.59 Å². The summed E-state index contributed by atoms with van der Waals surface area (Å²) in [5, 5.41) is 6.88. The molecule has 7 heteroatoms. The van der Waals surface area contributed by atoms with Crippen LogP contribution in [0.25, 0.3) is 0 Å². The fourth-order valence-corrected chi connectivity index (χ4v) is 4.48. The highest BCUT2D eigenvalue weighted by Crippen LogP contribution is 2.45. The molecule has 4 rings (SSSR count). The number of carbonyl (C=O) groups is 2. The van der Waals surface area contributed by atoms with E-state index < -0.39 is 5.92 Å². The maximum absolute atomic E-state index is 13.4. The van der Waals surface area contributed by atoms with Gasteiger partial charge in [0.05, 0.1) is 10.0 Å². The number of Topliss-reactive ketones (excluding diaryl/α,β-unsaturated/α-hetero) is 1. The van der Waals surface area contributed by atoms with E-state index in [1.54, 1.807) is 24.4 Å². The number of ketones is 1. The Balaban J connectivity index is 1.82. The standard InChI is InChI=1S/C23H21Cl2N3O2/c1-12-9-10-18(26-11-12)28-23(30)19-13(2)27-16-7-4-8-17(29)21(16)20(19)14-5-3-6-15(24)22(14)25/h3,5-6,9-11,20,27H,4,7-8H2,1-2H3,(H,26,28,30)/t20-/m1/s1. The van der Waals surface area contributed by atoms with Crippen LogP contribution in [0.5, 0.6) is 0 Å². The number of carbonyl (C=O) groups excluding carboxylic acids is 2. The summed E-state index contributed by atoms with van der Waals surface area (Å²) in [6.07, 6.45) is 3.67. The number of pyridine rings is 1. The van der Waals surface area contributed by atoms with E-state index in [1.165, 1.54) is 0 Å². The number of benzene rings is 1. The fraction of sp³-hybridized carbons (Fsp3) is 0.261. The van der Waals surface area contributed by atoms with Crippen molar-refractivity contribution in [3.8, 4) is 0 Å². The highest BCUT2D eigenvalue weighted by molar-refractivity contribution is 6.42. The molecule has 0 saturated carbocycles. The molecule has 2 aliphatic rings. The first-order valence-corrected chi connectivity index (χ1v) is 10.5. The molecule has 154 valence electrons. The number of amides is 1. The lowest BCUT2D eigenvalue weighted by Gasteiger charge is -2.35. The molecule has 0 fully saturated rings. The molecule has 0 bridgehead atoms. The lowest BCUT2D eigenvalue weighted by atomic mass is 9.75. The monoisotopic (exact) mass is 441 g/mol. The molecule has 30 heavy (non-hydrogen) atoms. The van der Waals surface area contributed by atoms with Crippen molar-refractivity contribution in [3.05, 3.63) is 80.2 Å². The number of nitrogens with one attached hydrogen (secondary N) is 2. The molecular weight excluding hydrogens is 421 g/mol. The van der Waals surface area contributed by atoms with Crippen molar-refractivity contribution >= 4 is 40.7 Å². The second-order valence-corrected chi connectivity index (χ2v) is 8.37. The average molecular weight is 442 g/mol. The minimum atomic E-state index is -0.592. The van der Waals surface area contributed by atoms with Crippen molar-refractivity contribution in [3.63, 3.8) is 0 Å². The second-order valence-electron chi connectivity index (χ2n) is 7.58. The number of anilines is 1. The van der Waals surface area contributed by atoms with Gasteiger partial charge >= 0.3 is 0 Å². The first-order valence-electron chi connectivity index (χ1n) is 9.78. The molecule has 1 aliphatic carbocycles. The highest BCUT2D eigenvalue weighted by Gasteiger charge is 2.39. The molecule has 2 heterocycles. The van der Waals surface area contributed by atoms with Gasteiger partial charge in [0.25, 0.3) is 5.91 Å². The number of allylic oxidation sites excluding steroid dienone is 3.